The number of ether oxygens (including phenoxy) is 1. The second kappa shape index (κ2) is 16.4. The molecule has 1 aromatic carbocycles. The highest BCUT2D eigenvalue weighted by Gasteiger charge is 2.58. The Labute approximate surface area is 359 Å². The molecule has 3 aromatic rings. The minimum absolute atomic E-state index is 0.0788. The van der Waals surface area contributed by atoms with Gasteiger partial charge in [0.25, 0.3) is 5.95 Å². The molecule has 0 amide bonds. The maximum Gasteiger partial charge on any atom is 0.299 e. The van der Waals surface area contributed by atoms with E-state index in [2.05, 4.69) is 59.5 Å². The van der Waals surface area contributed by atoms with Gasteiger partial charge in [-0.2, -0.15) is 5.10 Å². The molecule has 3 aliphatic heterocycles. The molecule has 4 atom stereocenters. The van der Waals surface area contributed by atoms with Crippen molar-refractivity contribution in [3.05, 3.63) is 82.5 Å². The third-order valence-electron chi connectivity index (χ3n) is 14.1. The van der Waals surface area contributed by atoms with E-state index < -0.39 is 5.95 Å². The summed E-state index contributed by atoms with van der Waals surface area (Å²) in [4.78, 5) is 13.7. The van der Waals surface area contributed by atoms with Gasteiger partial charge >= 0.3 is 0 Å². The van der Waals surface area contributed by atoms with Gasteiger partial charge in [-0.3, -0.25) is 10.1 Å². The molecule has 2 saturated carbocycles. The minimum Gasteiger partial charge on any atom is -0.480 e. The Morgan fingerprint density at radius 2 is 1.73 bits per heavy atom. The number of nitrogens with zero attached hydrogens (tertiary/aromatic N) is 6. The van der Waals surface area contributed by atoms with Gasteiger partial charge in [-0.15, -0.1) is 0 Å². The van der Waals surface area contributed by atoms with Crippen LogP contribution in [-0.4, -0.2) is 84.8 Å². The summed E-state index contributed by atoms with van der Waals surface area (Å²) in [6, 6.07) is 7.90. The number of nitrogens with one attached hydrogen (secondary N) is 2. The van der Waals surface area contributed by atoms with Crippen LogP contribution in [0.5, 0.6) is 0 Å². The maximum atomic E-state index is 10.7. The van der Waals surface area contributed by atoms with E-state index in [9.17, 15) is 15.6 Å². The number of aromatic nitrogens is 3. The van der Waals surface area contributed by atoms with E-state index in [1.165, 1.54) is 50.1 Å². The fraction of sp³-hybridized carbons (Fsp3) is 0.574. The number of rotatable bonds is 11. The number of benzene rings is 1. The Morgan fingerprint density at radius 1 is 1.00 bits per heavy atom. The molecule has 2 aromatic heterocycles. The Bertz CT molecular complexity index is 2240. The van der Waals surface area contributed by atoms with Crippen molar-refractivity contribution in [1.82, 2.24) is 29.9 Å². The summed E-state index contributed by atoms with van der Waals surface area (Å²) >= 11 is 1.48. The van der Waals surface area contributed by atoms with Crippen molar-refractivity contribution in [2.45, 2.75) is 124 Å². The van der Waals surface area contributed by atoms with E-state index in [1.807, 2.05) is 54.4 Å². The zero-order chi connectivity index (χ0) is 42.5. The summed E-state index contributed by atoms with van der Waals surface area (Å²) in [6.07, 6.45) is 17.8. The molecule has 0 spiro atoms. The van der Waals surface area contributed by atoms with Gasteiger partial charge in [-0.25, -0.2) is 9.98 Å². The molecule has 2 aliphatic carbocycles. The van der Waals surface area contributed by atoms with Crippen molar-refractivity contribution in [3.8, 4) is 0 Å². The van der Waals surface area contributed by atoms with Gasteiger partial charge in [0.15, 0.2) is 0 Å². The molecular weight excluding hydrogens is 771 g/mol. The molecule has 13 heteroatoms. The quantitative estimate of drug-likeness (QED) is 0.0720. The number of dihydropyridines is 1. The number of fused-ring (bicyclic) bond motifs is 3. The molecule has 0 radical (unpaired) electrons. The van der Waals surface area contributed by atoms with Crippen molar-refractivity contribution >= 4 is 43.9 Å². The number of aliphatic hydroxyl groups is 2. The van der Waals surface area contributed by atoms with E-state index in [4.69, 9.17) is 15.6 Å². The number of aliphatic imine (C=N–C) groups is 1. The molecule has 2 bridgehead atoms. The van der Waals surface area contributed by atoms with Crippen LogP contribution >= 0.6 is 11.3 Å². The van der Waals surface area contributed by atoms with Gasteiger partial charge in [0.1, 0.15) is 23.2 Å². The molecule has 60 heavy (non-hydrogen) atoms. The van der Waals surface area contributed by atoms with Gasteiger partial charge in [0.2, 0.25) is 5.13 Å². The average Bonchev–Trinajstić information content (AvgIpc) is 3.78. The molecule has 8 rings (SSSR count). The largest absolute Gasteiger partial charge is 0.480 e. The van der Waals surface area contributed by atoms with E-state index in [1.54, 1.807) is 0 Å². The lowest BCUT2D eigenvalue weighted by atomic mass is 9.46. The van der Waals surface area contributed by atoms with Crippen molar-refractivity contribution in [3.63, 3.8) is 0 Å². The number of aliphatic hydroxyl groups excluding tert-OH is 1. The SMILES string of the molecule is CCC1(Cn2ncc(C3=CC=C(N4CCC/C(=C(C)/C(N)=N\c5nc6ccccc6s5)C4=N)NC3=C(O)O)c2C)C[C@@]2(C)CC(C)(OCCN3CCCCC3)C[C@@](C)(C1)C2. The third-order valence-corrected chi connectivity index (χ3v) is 15.1. The Morgan fingerprint density at radius 3 is 2.43 bits per heavy atom. The second-order valence-electron chi connectivity index (χ2n) is 19.5. The van der Waals surface area contributed by atoms with Crippen molar-refractivity contribution in [1.29, 1.82) is 5.41 Å². The molecule has 5 heterocycles. The number of hydrogen-bond acceptors (Lipinski definition) is 10. The first-order chi connectivity index (χ1) is 28.6. The number of allylic oxidation sites excluding steroid dienone is 3. The molecule has 2 unspecified atom stereocenters. The van der Waals surface area contributed by atoms with Gasteiger partial charge < -0.3 is 35.8 Å². The van der Waals surface area contributed by atoms with Crippen molar-refractivity contribution < 1.29 is 14.9 Å². The van der Waals surface area contributed by atoms with Crippen LogP contribution in [0.25, 0.3) is 15.8 Å². The number of hydrogen-bond donors (Lipinski definition) is 5. The van der Waals surface area contributed by atoms with E-state index in [-0.39, 0.29) is 27.5 Å². The smallest absolute Gasteiger partial charge is 0.299 e. The topological polar surface area (TPSA) is 161 Å². The first-order valence-corrected chi connectivity index (χ1v) is 22.9. The molecule has 12 nitrogen and oxygen atoms in total. The zero-order valence-electron chi connectivity index (χ0n) is 36.5. The Kier molecular flexibility index (Phi) is 11.6. The van der Waals surface area contributed by atoms with E-state index in [0.29, 0.717) is 41.2 Å². The van der Waals surface area contributed by atoms with E-state index in [0.717, 1.165) is 90.8 Å². The number of para-hydroxylation sites is 1. The predicted octanol–water partition coefficient (Wildman–Crippen LogP) is 9.64. The highest BCUT2D eigenvalue weighted by Crippen LogP contribution is 2.65. The monoisotopic (exact) mass is 835 g/mol. The average molecular weight is 836 g/mol. The molecule has 2 saturated heterocycles. The van der Waals surface area contributed by atoms with Gasteiger partial charge in [0.05, 0.1) is 28.6 Å². The Balaban J connectivity index is 0.987. The lowest BCUT2D eigenvalue weighted by Crippen LogP contribution is -2.55. The number of amidine groups is 2. The lowest BCUT2D eigenvalue weighted by molar-refractivity contribution is -0.174. The summed E-state index contributed by atoms with van der Waals surface area (Å²) in [5.74, 6) is 0.402. The fourth-order valence-corrected chi connectivity index (χ4v) is 13.1. The highest BCUT2D eigenvalue weighted by molar-refractivity contribution is 7.22. The van der Waals surface area contributed by atoms with Crippen LogP contribution in [0.1, 0.15) is 117 Å². The maximum absolute atomic E-state index is 10.7. The summed E-state index contributed by atoms with van der Waals surface area (Å²) in [5.41, 5.74) is 11.9. The number of thiazole rings is 1. The summed E-state index contributed by atoms with van der Waals surface area (Å²) in [7, 11) is 0. The number of likely N-dealkylation sites (tertiary alicyclic amines) is 2. The summed E-state index contributed by atoms with van der Waals surface area (Å²) in [5, 5.41) is 39.5. The molecule has 6 N–H and O–H groups in total. The van der Waals surface area contributed by atoms with Crippen molar-refractivity contribution in [2.24, 2.45) is 27.0 Å². The van der Waals surface area contributed by atoms with Gasteiger partial charge in [0, 0.05) is 42.0 Å². The predicted molar refractivity (Wildman–Crippen MR) is 242 cm³/mol. The minimum atomic E-state index is -0.811. The van der Waals surface area contributed by atoms with Gasteiger partial charge in [-0.1, -0.05) is 50.7 Å². The van der Waals surface area contributed by atoms with Crippen LogP contribution in [0.15, 0.2) is 76.2 Å². The van der Waals surface area contributed by atoms with Crippen LogP contribution in [0.2, 0.25) is 0 Å². The lowest BCUT2D eigenvalue weighted by Gasteiger charge is -2.61. The first kappa shape index (κ1) is 42.2. The normalized spacial score (nSPS) is 30.0. The number of nitrogens with two attached hydrogens (primary N) is 1. The van der Waals surface area contributed by atoms with Crippen LogP contribution in [-0.2, 0) is 11.3 Å². The Hall–Kier alpha value is -4.46. The summed E-state index contributed by atoms with van der Waals surface area (Å²) in [6.45, 7) is 19.4. The van der Waals surface area contributed by atoms with Crippen molar-refractivity contribution in [2.75, 3.05) is 32.8 Å². The molecule has 4 fully saturated rings. The standard InChI is InChI=1S/C47H65N9O3S/c1-7-47(28-44(4)25-45(5,29-47)27-46(6,26-44)59-23-22-54-19-11-8-12-20-54)30-56-32(3)35(24-50-56)34-17-18-38(52-39(34)42(57)58)55-21-13-14-33(41(55)49)31(2)40(48)53-43-51-36-15-9-10-16-37(36)60-43/h9-10,15-18,24,49,52,57-58H,7-8,11-14,19-23,25-30H2,1-6H3,(H2,48,51,53)/b33-31-,49-41?/t44-,45+,46?,47?. The third kappa shape index (κ3) is 8.54. The van der Waals surface area contributed by atoms with Crippen LogP contribution in [0.3, 0.4) is 0 Å². The molecular formula is C47H65N9O3S. The zero-order valence-corrected chi connectivity index (χ0v) is 37.4. The molecule has 5 aliphatic rings. The van der Waals surface area contributed by atoms with E-state index >= 15 is 0 Å². The highest BCUT2D eigenvalue weighted by atomic mass is 32.1. The van der Waals surface area contributed by atoms with Crippen LogP contribution in [0.4, 0.5) is 5.13 Å². The number of piperidine rings is 2. The molecule has 322 valence electrons. The van der Waals surface area contributed by atoms with Gasteiger partial charge in [-0.05, 0) is 144 Å². The van der Waals surface area contributed by atoms with Crippen LogP contribution in [0, 0.1) is 28.6 Å². The summed E-state index contributed by atoms with van der Waals surface area (Å²) < 4.78 is 10.0. The fourth-order valence-electron chi connectivity index (χ4n) is 12.2. The second-order valence-corrected chi connectivity index (χ2v) is 20.5. The first-order valence-electron chi connectivity index (χ1n) is 22.1. The van der Waals surface area contributed by atoms with Crippen LogP contribution < -0.4 is 11.1 Å².